The van der Waals surface area contributed by atoms with Gasteiger partial charge in [-0.2, -0.15) is 0 Å². The molecule has 0 radical (unpaired) electrons. The van der Waals surface area contributed by atoms with E-state index in [9.17, 15) is 4.79 Å². The van der Waals surface area contributed by atoms with Crippen molar-refractivity contribution in [3.05, 3.63) is 11.6 Å². The lowest BCUT2D eigenvalue weighted by atomic mass is 9.67. The Labute approximate surface area is 143 Å². The Morgan fingerprint density at radius 2 is 1.57 bits per heavy atom. The summed E-state index contributed by atoms with van der Waals surface area (Å²) in [6, 6.07) is 0. The van der Waals surface area contributed by atoms with Gasteiger partial charge < -0.3 is 0 Å². The number of carbonyl (C=O) groups is 1. The van der Waals surface area contributed by atoms with Gasteiger partial charge in [0.1, 0.15) is 0 Å². The summed E-state index contributed by atoms with van der Waals surface area (Å²) >= 11 is 0. The van der Waals surface area contributed by atoms with Crippen LogP contribution in [-0.2, 0) is 4.79 Å². The minimum absolute atomic E-state index is 0.388. The van der Waals surface area contributed by atoms with E-state index in [1.807, 2.05) is 6.08 Å². The van der Waals surface area contributed by atoms with E-state index in [1.54, 1.807) is 0 Å². The van der Waals surface area contributed by atoms with E-state index in [0.29, 0.717) is 5.78 Å². The van der Waals surface area contributed by atoms with Crippen LogP contribution >= 0.6 is 0 Å². The van der Waals surface area contributed by atoms with Gasteiger partial charge in [0.15, 0.2) is 5.78 Å². The Hall–Kier alpha value is -0.590. The van der Waals surface area contributed by atoms with Crippen molar-refractivity contribution in [2.45, 2.75) is 96.8 Å². The van der Waals surface area contributed by atoms with E-state index in [2.05, 4.69) is 6.92 Å². The lowest BCUT2D eigenvalue weighted by molar-refractivity contribution is -0.115. The molecular formula is C22H36O. The topological polar surface area (TPSA) is 17.1 Å². The Morgan fingerprint density at radius 3 is 2.17 bits per heavy atom. The van der Waals surface area contributed by atoms with Crippen LogP contribution in [0.2, 0.25) is 0 Å². The van der Waals surface area contributed by atoms with Crippen molar-refractivity contribution >= 4 is 5.78 Å². The molecule has 0 heterocycles. The van der Waals surface area contributed by atoms with Gasteiger partial charge >= 0.3 is 0 Å². The van der Waals surface area contributed by atoms with Crippen LogP contribution in [0.4, 0.5) is 0 Å². The first kappa shape index (κ1) is 17.2. The van der Waals surface area contributed by atoms with Crippen LogP contribution in [0.1, 0.15) is 96.8 Å². The third-order valence-electron chi connectivity index (χ3n) is 7.06. The van der Waals surface area contributed by atoms with Gasteiger partial charge in [0, 0.05) is 6.42 Å². The lowest BCUT2D eigenvalue weighted by Crippen LogP contribution is -2.26. The first-order chi connectivity index (χ1) is 11.3. The highest BCUT2D eigenvalue weighted by Crippen LogP contribution is 2.44. The zero-order valence-electron chi connectivity index (χ0n) is 15.2. The van der Waals surface area contributed by atoms with Crippen LogP contribution in [0.3, 0.4) is 0 Å². The summed E-state index contributed by atoms with van der Waals surface area (Å²) in [6.45, 7) is 2.32. The van der Waals surface area contributed by atoms with Crippen LogP contribution in [0, 0.1) is 23.7 Å². The number of ketones is 1. The third kappa shape index (κ3) is 4.70. The molecule has 0 aliphatic heterocycles. The molecule has 0 atom stereocenters. The predicted octanol–water partition coefficient (Wildman–Crippen LogP) is 6.47. The molecule has 0 saturated heterocycles. The van der Waals surface area contributed by atoms with Gasteiger partial charge in [0.05, 0.1) is 0 Å². The predicted molar refractivity (Wildman–Crippen MR) is 97.4 cm³/mol. The fourth-order valence-electron chi connectivity index (χ4n) is 5.54. The zero-order chi connectivity index (χ0) is 16.1. The van der Waals surface area contributed by atoms with Crippen LogP contribution < -0.4 is 0 Å². The second-order valence-electron chi connectivity index (χ2n) is 8.57. The summed E-state index contributed by atoms with van der Waals surface area (Å²) in [5.74, 6) is 4.20. The molecule has 3 aliphatic carbocycles. The molecule has 0 amide bonds. The van der Waals surface area contributed by atoms with Crippen molar-refractivity contribution in [1.29, 1.82) is 0 Å². The van der Waals surface area contributed by atoms with Crippen LogP contribution in [0.25, 0.3) is 0 Å². The Balaban J connectivity index is 1.42. The smallest absolute Gasteiger partial charge is 0.155 e. The second kappa shape index (κ2) is 8.49. The second-order valence-corrected chi connectivity index (χ2v) is 8.57. The molecule has 0 N–H and O–H groups in total. The summed E-state index contributed by atoms with van der Waals surface area (Å²) in [5, 5.41) is 0. The van der Waals surface area contributed by atoms with Gasteiger partial charge in [-0.25, -0.2) is 0 Å². The normalized spacial score (nSPS) is 35.9. The maximum atomic E-state index is 11.7. The van der Waals surface area contributed by atoms with E-state index >= 15 is 0 Å². The number of hydrogen-bond acceptors (Lipinski definition) is 1. The van der Waals surface area contributed by atoms with Crippen molar-refractivity contribution < 1.29 is 4.79 Å². The average Bonchev–Trinajstić information content (AvgIpc) is 2.61. The zero-order valence-corrected chi connectivity index (χ0v) is 15.2. The average molecular weight is 317 g/mol. The summed E-state index contributed by atoms with van der Waals surface area (Å²) in [7, 11) is 0. The van der Waals surface area contributed by atoms with Gasteiger partial charge in [-0.05, 0) is 81.1 Å². The Kier molecular flexibility index (Phi) is 6.36. The number of allylic oxidation sites excluding steroid dienone is 2. The lowest BCUT2D eigenvalue weighted by Gasteiger charge is -2.38. The van der Waals surface area contributed by atoms with E-state index < -0.39 is 0 Å². The largest absolute Gasteiger partial charge is 0.295 e. The molecule has 23 heavy (non-hydrogen) atoms. The molecule has 1 nitrogen and oxygen atoms in total. The quantitative estimate of drug-likeness (QED) is 0.568. The molecule has 2 saturated carbocycles. The monoisotopic (exact) mass is 316 g/mol. The SMILES string of the molecule is CCCC[C@H]1CC[C@H]([C@H]2CC[C@H](C3=CC(=O)CCC3)CC2)CC1. The maximum absolute atomic E-state index is 11.7. The minimum Gasteiger partial charge on any atom is -0.295 e. The fourth-order valence-corrected chi connectivity index (χ4v) is 5.54. The highest BCUT2D eigenvalue weighted by atomic mass is 16.1. The van der Waals surface area contributed by atoms with Gasteiger partial charge in [-0.15, -0.1) is 0 Å². The van der Waals surface area contributed by atoms with Crippen molar-refractivity contribution in [1.82, 2.24) is 0 Å². The highest BCUT2D eigenvalue weighted by molar-refractivity contribution is 5.91. The third-order valence-corrected chi connectivity index (χ3v) is 7.06. The standard InChI is InChI=1S/C22H36O/c1-2-3-5-17-8-10-18(11-9-17)19-12-14-20(15-13-19)21-6-4-7-22(23)16-21/h16-20H,2-15H2,1H3/t17-,18-,19-,20-. The molecule has 3 rings (SSSR count). The van der Waals surface area contributed by atoms with E-state index in [1.165, 1.54) is 82.6 Å². The minimum atomic E-state index is 0.388. The van der Waals surface area contributed by atoms with Crippen LogP contribution in [-0.4, -0.2) is 5.78 Å². The summed E-state index contributed by atoms with van der Waals surface area (Å²) in [5.41, 5.74) is 1.50. The van der Waals surface area contributed by atoms with Gasteiger partial charge in [-0.1, -0.05) is 44.6 Å². The van der Waals surface area contributed by atoms with Crippen LogP contribution in [0.15, 0.2) is 11.6 Å². The molecule has 2 fully saturated rings. The first-order valence-electron chi connectivity index (χ1n) is 10.5. The van der Waals surface area contributed by atoms with Crippen molar-refractivity contribution in [3.63, 3.8) is 0 Å². The molecule has 0 aromatic heterocycles. The molecule has 3 aliphatic rings. The Bertz CT molecular complexity index is 406. The van der Waals surface area contributed by atoms with Crippen molar-refractivity contribution in [2.75, 3.05) is 0 Å². The number of hydrogen-bond donors (Lipinski definition) is 0. The molecule has 0 aromatic rings. The van der Waals surface area contributed by atoms with Crippen molar-refractivity contribution in [2.24, 2.45) is 23.7 Å². The summed E-state index contributed by atoms with van der Waals surface area (Å²) in [4.78, 5) is 11.7. The number of carbonyl (C=O) groups excluding carboxylic acids is 1. The van der Waals surface area contributed by atoms with Gasteiger partial charge in [0.2, 0.25) is 0 Å². The summed E-state index contributed by atoms with van der Waals surface area (Å²) in [6.07, 6.45) is 21.0. The number of unbranched alkanes of at least 4 members (excludes halogenated alkanes) is 1. The molecule has 1 heteroatoms. The molecule has 130 valence electrons. The first-order valence-corrected chi connectivity index (χ1v) is 10.5. The molecule has 0 bridgehead atoms. The van der Waals surface area contributed by atoms with E-state index in [4.69, 9.17) is 0 Å². The summed E-state index contributed by atoms with van der Waals surface area (Å²) < 4.78 is 0. The fraction of sp³-hybridized carbons (Fsp3) is 0.864. The molecule has 0 spiro atoms. The van der Waals surface area contributed by atoms with Gasteiger partial charge in [-0.3, -0.25) is 4.79 Å². The Morgan fingerprint density at radius 1 is 0.913 bits per heavy atom. The van der Waals surface area contributed by atoms with E-state index in [-0.39, 0.29) is 0 Å². The molecular weight excluding hydrogens is 280 g/mol. The molecule has 0 unspecified atom stereocenters. The maximum Gasteiger partial charge on any atom is 0.155 e. The van der Waals surface area contributed by atoms with Crippen LogP contribution in [0.5, 0.6) is 0 Å². The van der Waals surface area contributed by atoms with E-state index in [0.717, 1.165) is 36.5 Å². The molecule has 0 aromatic carbocycles. The van der Waals surface area contributed by atoms with Gasteiger partial charge in [0.25, 0.3) is 0 Å². The number of rotatable bonds is 5. The van der Waals surface area contributed by atoms with Crippen molar-refractivity contribution in [3.8, 4) is 0 Å². The highest BCUT2D eigenvalue weighted by Gasteiger charge is 2.32.